The topological polar surface area (TPSA) is 59.4 Å². The SMILES string of the molecule is CCC(C)n1nnc2c(=S)nc[nH]c21. The molecular weight excluding hydrogens is 198 g/mol. The number of aromatic nitrogens is 5. The summed E-state index contributed by atoms with van der Waals surface area (Å²) in [6.45, 7) is 4.19. The number of hydrogen-bond acceptors (Lipinski definition) is 4. The normalized spacial score (nSPS) is 13.3. The number of fused-ring (bicyclic) bond motifs is 1. The van der Waals surface area contributed by atoms with Gasteiger partial charge >= 0.3 is 0 Å². The summed E-state index contributed by atoms with van der Waals surface area (Å²) in [6.07, 6.45) is 2.58. The Bertz CT molecular complexity index is 500. The number of nitrogens with one attached hydrogen (secondary N) is 1. The Kier molecular flexibility index (Phi) is 2.28. The first-order chi connectivity index (χ1) is 6.74. The summed E-state index contributed by atoms with van der Waals surface area (Å²) in [5, 5.41) is 8.06. The van der Waals surface area contributed by atoms with Gasteiger partial charge < -0.3 is 4.98 Å². The van der Waals surface area contributed by atoms with Crippen LogP contribution in [0.15, 0.2) is 6.33 Å². The third-order valence-corrected chi connectivity index (χ3v) is 2.59. The van der Waals surface area contributed by atoms with E-state index in [1.54, 1.807) is 6.33 Å². The van der Waals surface area contributed by atoms with Gasteiger partial charge in [-0.05, 0) is 13.3 Å². The standard InChI is InChI=1S/C8H11N5S/c1-3-5(2)13-7-6(11-12-13)8(14)10-4-9-7/h4-5H,3H2,1-2H3,(H,9,10,14). The van der Waals surface area contributed by atoms with Crippen molar-refractivity contribution in [3.8, 4) is 0 Å². The number of aromatic amines is 1. The Labute approximate surface area is 86.2 Å². The van der Waals surface area contributed by atoms with E-state index in [-0.39, 0.29) is 0 Å². The summed E-state index contributed by atoms with van der Waals surface area (Å²) in [4.78, 5) is 6.96. The van der Waals surface area contributed by atoms with Gasteiger partial charge in [-0.15, -0.1) is 5.10 Å². The quantitative estimate of drug-likeness (QED) is 0.767. The average Bonchev–Trinajstić information content (AvgIpc) is 2.62. The fourth-order valence-corrected chi connectivity index (χ4v) is 1.46. The van der Waals surface area contributed by atoms with E-state index in [1.165, 1.54) is 0 Å². The fourth-order valence-electron chi connectivity index (χ4n) is 1.27. The summed E-state index contributed by atoms with van der Waals surface area (Å²) in [7, 11) is 0. The highest BCUT2D eigenvalue weighted by Crippen LogP contribution is 2.14. The number of hydrogen-bond donors (Lipinski definition) is 1. The van der Waals surface area contributed by atoms with Crippen LogP contribution in [-0.4, -0.2) is 25.0 Å². The zero-order valence-electron chi connectivity index (χ0n) is 8.06. The van der Waals surface area contributed by atoms with Gasteiger partial charge in [0.2, 0.25) is 0 Å². The summed E-state index contributed by atoms with van der Waals surface area (Å²) in [5.41, 5.74) is 1.52. The Balaban J connectivity index is 2.70. The van der Waals surface area contributed by atoms with Crippen molar-refractivity contribution in [1.82, 2.24) is 25.0 Å². The number of H-pyrrole nitrogens is 1. The summed E-state index contributed by atoms with van der Waals surface area (Å²) < 4.78 is 2.33. The van der Waals surface area contributed by atoms with Crippen molar-refractivity contribution in [3.05, 3.63) is 11.0 Å². The molecule has 74 valence electrons. The number of rotatable bonds is 2. The highest BCUT2D eigenvalue weighted by Gasteiger charge is 2.10. The van der Waals surface area contributed by atoms with Crippen LogP contribution in [0, 0.1) is 4.64 Å². The van der Waals surface area contributed by atoms with Crippen LogP contribution in [0.4, 0.5) is 0 Å². The first-order valence-electron chi connectivity index (χ1n) is 4.52. The van der Waals surface area contributed by atoms with Gasteiger partial charge in [0.25, 0.3) is 0 Å². The Morgan fingerprint density at radius 3 is 3.14 bits per heavy atom. The molecule has 0 saturated heterocycles. The van der Waals surface area contributed by atoms with Crippen molar-refractivity contribution >= 4 is 23.4 Å². The summed E-state index contributed by atoms with van der Waals surface area (Å²) >= 11 is 5.04. The van der Waals surface area contributed by atoms with E-state index in [0.717, 1.165) is 12.1 Å². The minimum Gasteiger partial charge on any atom is -0.329 e. The molecule has 1 N–H and O–H groups in total. The monoisotopic (exact) mass is 209 g/mol. The second kappa shape index (κ2) is 3.45. The van der Waals surface area contributed by atoms with Gasteiger partial charge in [-0.3, -0.25) is 0 Å². The molecule has 0 aliphatic carbocycles. The molecule has 2 aromatic rings. The largest absolute Gasteiger partial charge is 0.329 e. The zero-order chi connectivity index (χ0) is 10.1. The van der Waals surface area contributed by atoms with E-state index in [2.05, 4.69) is 34.1 Å². The van der Waals surface area contributed by atoms with E-state index in [4.69, 9.17) is 12.2 Å². The van der Waals surface area contributed by atoms with Gasteiger partial charge in [0.1, 0.15) is 0 Å². The molecule has 0 bridgehead atoms. The van der Waals surface area contributed by atoms with E-state index in [1.807, 2.05) is 4.68 Å². The van der Waals surface area contributed by atoms with Crippen molar-refractivity contribution in [2.24, 2.45) is 0 Å². The van der Waals surface area contributed by atoms with Crippen LogP contribution in [0.1, 0.15) is 26.3 Å². The molecule has 0 spiro atoms. The molecule has 5 nitrogen and oxygen atoms in total. The molecule has 6 heteroatoms. The van der Waals surface area contributed by atoms with Crippen molar-refractivity contribution < 1.29 is 0 Å². The van der Waals surface area contributed by atoms with Crippen molar-refractivity contribution in [1.29, 1.82) is 0 Å². The van der Waals surface area contributed by atoms with Gasteiger partial charge in [0.05, 0.1) is 12.4 Å². The van der Waals surface area contributed by atoms with Crippen LogP contribution in [0.2, 0.25) is 0 Å². The zero-order valence-corrected chi connectivity index (χ0v) is 8.88. The van der Waals surface area contributed by atoms with Gasteiger partial charge in [-0.25, -0.2) is 9.67 Å². The molecule has 2 aromatic heterocycles. The third-order valence-electron chi connectivity index (χ3n) is 2.29. The van der Waals surface area contributed by atoms with Gasteiger partial charge in [0.15, 0.2) is 15.8 Å². The van der Waals surface area contributed by atoms with Crippen LogP contribution in [0.3, 0.4) is 0 Å². The molecule has 1 unspecified atom stereocenters. The van der Waals surface area contributed by atoms with Crippen molar-refractivity contribution in [2.75, 3.05) is 0 Å². The van der Waals surface area contributed by atoms with Crippen LogP contribution in [0.5, 0.6) is 0 Å². The Morgan fingerprint density at radius 2 is 2.43 bits per heavy atom. The van der Waals surface area contributed by atoms with Crippen molar-refractivity contribution in [2.45, 2.75) is 26.3 Å². The van der Waals surface area contributed by atoms with Gasteiger partial charge in [0, 0.05) is 0 Å². The second-order valence-electron chi connectivity index (χ2n) is 3.20. The van der Waals surface area contributed by atoms with E-state index >= 15 is 0 Å². The first-order valence-corrected chi connectivity index (χ1v) is 4.93. The molecule has 0 aliphatic rings. The molecule has 0 aliphatic heterocycles. The predicted molar refractivity (Wildman–Crippen MR) is 55.5 cm³/mol. The Morgan fingerprint density at radius 1 is 1.64 bits per heavy atom. The highest BCUT2D eigenvalue weighted by molar-refractivity contribution is 7.71. The summed E-state index contributed by atoms with van der Waals surface area (Å²) in [5.74, 6) is 0. The predicted octanol–water partition coefficient (Wildman–Crippen LogP) is 1.85. The molecule has 0 radical (unpaired) electrons. The average molecular weight is 209 g/mol. The van der Waals surface area contributed by atoms with E-state index in [9.17, 15) is 0 Å². The minimum absolute atomic E-state index is 0.313. The lowest BCUT2D eigenvalue weighted by atomic mass is 10.3. The lowest BCUT2D eigenvalue weighted by Crippen LogP contribution is -2.06. The maximum Gasteiger partial charge on any atom is 0.166 e. The molecule has 0 amide bonds. The van der Waals surface area contributed by atoms with Crippen LogP contribution in [-0.2, 0) is 0 Å². The molecule has 0 fully saturated rings. The minimum atomic E-state index is 0.313. The highest BCUT2D eigenvalue weighted by atomic mass is 32.1. The van der Waals surface area contributed by atoms with Gasteiger partial charge in [-0.2, -0.15) is 0 Å². The van der Waals surface area contributed by atoms with Crippen LogP contribution >= 0.6 is 12.2 Å². The summed E-state index contributed by atoms with van der Waals surface area (Å²) in [6, 6.07) is 0.313. The fraction of sp³-hybridized carbons (Fsp3) is 0.500. The molecular formula is C8H11N5S. The van der Waals surface area contributed by atoms with Crippen molar-refractivity contribution in [3.63, 3.8) is 0 Å². The first kappa shape index (κ1) is 9.26. The lowest BCUT2D eigenvalue weighted by Gasteiger charge is -2.07. The van der Waals surface area contributed by atoms with Crippen LogP contribution in [0.25, 0.3) is 11.2 Å². The van der Waals surface area contributed by atoms with E-state index < -0.39 is 0 Å². The van der Waals surface area contributed by atoms with Crippen LogP contribution < -0.4 is 0 Å². The maximum absolute atomic E-state index is 5.04. The van der Waals surface area contributed by atoms with Gasteiger partial charge in [-0.1, -0.05) is 24.4 Å². The third kappa shape index (κ3) is 1.31. The van der Waals surface area contributed by atoms with E-state index in [0.29, 0.717) is 16.2 Å². The smallest absolute Gasteiger partial charge is 0.166 e. The lowest BCUT2D eigenvalue weighted by molar-refractivity contribution is 0.475. The molecule has 2 heterocycles. The molecule has 2 rings (SSSR count). The maximum atomic E-state index is 5.04. The molecule has 0 saturated carbocycles. The number of nitrogens with zero attached hydrogens (tertiary/aromatic N) is 4. The molecule has 14 heavy (non-hydrogen) atoms. The Hall–Kier alpha value is -1.30. The second-order valence-corrected chi connectivity index (χ2v) is 3.58. The molecule has 0 aromatic carbocycles. The molecule has 1 atom stereocenters.